The van der Waals surface area contributed by atoms with E-state index < -0.39 is 0 Å². The number of nitrogens with one attached hydrogen (secondary N) is 2. The van der Waals surface area contributed by atoms with Gasteiger partial charge in [-0.1, -0.05) is 36.3 Å². The first-order chi connectivity index (χ1) is 11.2. The molecule has 6 nitrogen and oxygen atoms in total. The first kappa shape index (κ1) is 20.4. The van der Waals surface area contributed by atoms with Crippen molar-refractivity contribution in [3.05, 3.63) is 47.1 Å². The quantitative estimate of drug-likeness (QED) is 0.391. The smallest absolute Gasteiger partial charge is 0.228 e. The summed E-state index contributed by atoms with van der Waals surface area (Å²) in [5.74, 6) is 2.11. The fourth-order valence-electron chi connectivity index (χ4n) is 2.29. The lowest BCUT2D eigenvalue weighted by atomic mass is 10.1. The van der Waals surface area contributed by atoms with E-state index in [0.717, 1.165) is 18.9 Å². The molecule has 1 aromatic carbocycles. The Morgan fingerprint density at radius 3 is 2.54 bits per heavy atom. The molecular formula is C17H26IN5O. The summed E-state index contributed by atoms with van der Waals surface area (Å²) in [7, 11) is 0. The maximum Gasteiger partial charge on any atom is 0.228 e. The lowest BCUT2D eigenvalue weighted by Gasteiger charge is -2.11. The molecule has 7 heteroatoms. The lowest BCUT2D eigenvalue weighted by molar-refractivity contribution is 0.374. The van der Waals surface area contributed by atoms with Crippen LogP contribution < -0.4 is 10.6 Å². The standard InChI is InChI=1S/C17H25N5O.HI/c1-4-14-8-6-7-9-15(14)12-20-17(18-5-2)19-11-10-16-21-13(3)22-23-16;/h6-9H,4-5,10-12H2,1-3H3,(H2,18,19,20);1H. The van der Waals surface area contributed by atoms with Gasteiger partial charge in [0.15, 0.2) is 11.8 Å². The Morgan fingerprint density at radius 1 is 1.17 bits per heavy atom. The molecule has 0 saturated carbocycles. The van der Waals surface area contributed by atoms with Crippen LogP contribution in [0.2, 0.25) is 0 Å². The molecule has 1 aromatic heterocycles. The molecule has 0 radical (unpaired) electrons. The highest BCUT2D eigenvalue weighted by Crippen LogP contribution is 2.10. The van der Waals surface area contributed by atoms with E-state index in [1.54, 1.807) is 0 Å². The van der Waals surface area contributed by atoms with Crippen LogP contribution in [0.15, 0.2) is 33.8 Å². The molecule has 0 aliphatic heterocycles. The molecule has 0 amide bonds. The summed E-state index contributed by atoms with van der Waals surface area (Å²) < 4.78 is 5.10. The summed E-state index contributed by atoms with van der Waals surface area (Å²) in [5, 5.41) is 10.3. The van der Waals surface area contributed by atoms with Crippen molar-refractivity contribution in [2.45, 2.75) is 40.2 Å². The van der Waals surface area contributed by atoms with E-state index in [1.807, 2.05) is 6.92 Å². The molecule has 24 heavy (non-hydrogen) atoms. The minimum absolute atomic E-state index is 0. The first-order valence-corrected chi connectivity index (χ1v) is 8.11. The number of hydrogen-bond donors (Lipinski definition) is 2. The Morgan fingerprint density at radius 2 is 1.92 bits per heavy atom. The molecule has 0 bridgehead atoms. The van der Waals surface area contributed by atoms with Gasteiger partial charge in [0.2, 0.25) is 5.89 Å². The van der Waals surface area contributed by atoms with Gasteiger partial charge in [0.25, 0.3) is 0 Å². The minimum atomic E-state index is 0. The molecule has 1 heterocycles. The number of rotatable bonds is 7. The number of guanidine groups is 1. The van der Waals surface area contributed by atoms with E-state index >= 15 is 0 Å². The summed E-state index contributed by atoms with van der Waals surface area (Å²) in [6.07, 6.45) is 1.70. The van der Waals surface area contributed by atoms with Crippen LogP contribution in [0.25, 0.3) is 0 Å². The van der Waals surface area contributed by atoms with Crippen LogP contribution in [0.4, 0.5) is 0 Å². The molecule has 0 fully saturated rings. The summed E-state index contributed by atoms with van der Waals surface area (Å²) in [6.45, 7) is 8.22. The van der Waals surface area contributed by atoms with E-state index in [1.165, 1.54) is 11.1 Å². The number of nitrogens with zero attached hydrogens (tertiary/aromatic N) is 3. The van der Waals surface area contributed by atoms with Gasteiger partial charge in [0, 0.05) is 19.5 Å². The zero-order chi connectivity index (χ0) is 16.5. The van der Waals surface area contributed by atoms with E-state index in [-0.39, 0.29) is 24.0 Å². The van der Waals surface area contributed by atoms with Crippen molar-refractivity contribution in [1.29, 1.82) is 0 Å². The molecule has 0 saturated heterocycles. The van der Waals surface area contributed by atoms with Crippen molar-refractivity contribution in [3.63, 3.8) is 0 Å². The number of benzene rings is 1. The third-order valence-corrected chi connectivity index (χ3v) is 3.45. The van der Waals surface area contributed by atoms with Crippen LogP contribution >= 0.6 is 24.0 Å². The van der Waals surface area contributed by atoms with Gasteiger partial charge in [-0.3, -0.25) is 0 Å². The molecule has 2 rings (SSSR count). The topological polar surface area (TPSA) is 75.3 Å². The third kappa shape index (κ3) is 6.46. The van der Waals surface area contributed by atoms with Gasteiger partial charge < -0.3 is 15.2 Å². The molecule has 0 atom stereocenters. The number of aromatic nitrogens is 2. The Balaban J connectivity index is 0.00000288. The van der Waals surface area contributed by atoms with Crippen LogP contribution in [0.1, 0.15) is 36.7 Å². The van der Waals surface area contributed by atoms with Crippen molar-refractivity contribution >= 4 is 29.9 Å². The number of aryl methyl sites for hydroxylation is 2. The van der Waals surface area contributed by atoms with Gasteiger partial charge in [0.05, 0.1) is 6.54 Å². The molecule has 2 aromatic rings. The highest BCUT2D eigenvalue weighted by molar-refractivity contribution is 14.0. The zero-order valence-corrected chi connectivity index (χ0v) is 16.8. The average molecular weight is 443 g/mol. The molecule has 0 aliphatic rings. The summed E-state index contributed by atoms with van der Waals surface area (Å²) >= 11 is 0. The van der Waals surface area contributed by atoms with E-state index in [2.05, 4.69) is 63.9 Å². The van der Waals surface area contributed by atoms with Gasteiger partial charge in [-0.2, -0.15) is 4.98 Å². The first-order valence-electron chi connectivity index (χ1n) is 8.11. The van der Waals surface area contributed by atoms with Gasteiger partial charge in [-0.25, -0.2) is 4.99 Å². The third-order valence-electron chi connectivity index (χ3n) is 3.45. The Bertz CT molecular complexity index is 641. The van der Waals surface area contributed by atoms with Crippen molar-refractivity contribution in [1.82, 2.24) is 20.8 Å². The van der Waals surface area contributed by atoms with Crippen LogP contribution in [0.5, 0.6) is 0 Å². The van der Waals surface area contributed by atoms with Crippen LogP contribution in [-0.4, -0.2) is 29.2 Å². The van der Waals surface area contributed by atoms with Crippen molar-refractivity contribution < 1.29 is 4.52 Å². The highest BCUT2D eigenvalue weighted by Gasteiger charge is 2.04. The number of halogens is 1. The zero-order valence-electron chi connectivity index (χ0n) is 14.5. The maximum atomic E-state index is 5.10. The molecule has 0 aliphatic carbocycles. The largest absolute Gasteiger partial charge is 0.357 e. The van der Waals surface area contributed by atoms with Crippen molar-refractivity contribution in [2.24, 2.45) is 4.99 Å². The van der Waals surface area contributed by atoms with E-state index in [4.69, 9.17) is 4.52 Å². The molecule has 132 valence electrons. The SMILES string of the molecule is CCNC(=NCc1ccccc1CC)NCCc1nc(C)no1.I. The van der Waals surface area contributed by atoms with Gasteiger partial charge in [-0.05, 0) is 31.4 Å². The monoisotopic (exact) mass is 443 g/mol. The van der Waals surface area contributed by atoms with Crippen molar-refractivity contribution in [3.8, 4) is 0 Å². The molecule has 0 unspecified atom stereocenters. The van der Waals surface area contributed by atoms with Crippen LogP contribution in [0.3, 0.4) is 0 Å². The number of aliphatic imine (C=N–C) groups is 1. The molecule has 2 N–H and O–H groups in total. The second-order valence-corrected chi connectivity index (χ2v) is 5.23. The van der Waals surface area contributed by atoms with Gasteiger partial charge >= 0.3 is 0 Å². The predicted molar refractivity (Wildman–Crippen MR) is 107 cm³/mol. The molecule has 0 spiro atoms. The minimum Gasteiger partial charge on any atom is -0.357 e. The Hall–Kier alpha value is -1.64. The van der Waals surface area contributed by atoms with E-state index in [9.17, 15) is 0 Å². The van der Waals surface area contributed by atoms with Crippen molar-refractivity contribution in [2.75, 3.05) is 13.1 Å². The fraction of sp³-hybridized carbons (Fsp3) is 0.471. The lowest BCUT2D eigenvalue weighted by Crippen LogP contribution is -2.38. The second-order valence-electron chi connectivity index (χ2n) is 5.23. The summed E-state index contributed by atoms with van der Waals surface area (Å²) in [4.78, 5) is 8.85. The summed E-state index contributed by atoms with van der Waals surface area (Å²) in [6, 6.07) is 8.42. The highest BCUT2D eigenvalue weighted by atomic mass is 127. The van der Waals surface area contributed by atoms with E-state index in [0.29, 0.717) is 31.2 Å². The second kappa shape index (κ2) is 11.0. The fourth-order valence-corrected chi connectivity index (χ4v) is 2.29. The normalized spacial score (nSPS) is 11.0. The summed E-state index contributed by atoms with van der Waals surface area (Å²) in [5.41, 5.74) is 2.60. The van der Waals surface area contributed by atoms with Crippen LogP contribution in [-0.2, 0) is 19.4 Å². The van der Waals surface area contributed by atoms with Gasteiger partial charge in [0.1, 0.15) is 0 Å². The predicted octanol–water partition coefficient (Wildman–Crippen LogP) is 2.86. The average Bonchev–Trinajstić information content (AvgIpc) is 2.98. The maximum absolute atomic E-state index is 5.10. The Labute approximate surface area is 160 Å². The molecular weight excluding hydrogens is 417 g/mol. The van der Waals surface area contributed by atoms with Gasteiger partial charge in [-0.15, -0.1) is 24.0 Å². The Kier molecular flexibility index (Phi) is 9.36. The number of hydrogen-bond acceptors (Lipinski definition) is 4. The van der Waals surface area contributed by atoms with Crippen LogP contribution in [0, 0.1) is 6.92 Å².